The van der Waals surface area contributed by atoms with Crippen LogP contribution in [0.4, 0.5) is 0 Å². The number of ether oxygens (including phenoxy) is 1. The summed E-state index contributed by atoms with van der Waals surface area (Å²) in [6.07, 6.45) is 2.50. The molecule has 0 radical (unpaired) electrons. The fourth-order valence-electron chi connectivity index (χ4n) is 2.97. The number of hydrogen-bond donors (Lipinski definition) is 0. The molecule has 0 N–H and O–H groups in total. The van der Waals surface area contributed by atoms with Gasteiger partial charge in [0.1, 0.15) is 5.75 Å². The molecular weight excluding hydrogens is 406 g/mol. The first-order chi connectivity index (χ1) is 14.0. The van der Waals surface area contributed by atoms with E-state index in [0.717, 1.165) is 28.8 Å². The van der Waals surface area contributed by atoms with Crippen molar-refractivity contribution >= 4 is 28.1 Å². The van der Waals surface area contributed by atoms with E-state index in [1.165, 1.54) is 28.7 Å². The lowest BCUT2D eigenvalue weighted by molar-refractivity contribution is 0.211. The van der Waals surface area contributed by atoms with E-state index in [-0.39, 0.29) is 11.7 Å². The SMILES string of the molecule is CCc1ccc(OC(C)c2nnc(SCc3cc(=O)n4ccsc4n3)n2C)cc1. The number of fused-ring (bicyclic) bond motifs is 1. The summed E-state index contributed by atoms with van der Waals surface area (Å²) in [5.41, 5.74) is 1.94. The highest BCUT2D eigenvalue weighted by molar-refractivity contribution is 7.98. The van der Waals surface area contributed by atoms with E-state index in [0.29, 0.717) is 10.7 Å². The van der Waals surface area contributed by atoms with Gasteiger partial charge in [-0.2, -0.15) is 0 Å². The van der Waals surface area contributed by atoms with Gasteiger partial charge in [0.15, 0.2) is 22.0 Å². The number of nitrogens with zero attached hydrogens (tertiary/aromatic N) is 5. The van der Waals surface area contributed by atoms with Gasteiger partial charge in [-0.3, -0.25) is 9.20 Å². The minimum atomic E-state index is -0.237. The molecule has 3 aromatic heterocycles. The standard InChI is InChI=1S/C20H21N5O2S2/c1-4-14-5-7-16(8-6-14)27-13(2)18-22-23-20(24(18)3)29-12-15-11-17(26)25-9-10-28-19(25)21-15/h5-11,13H,4,12H2,1-3H3. The van der Waals surface area contributed by atoms with Gasteiger partial charge in [0.2, 0.25) is 0 Å². The molecule has 0 fully saturated rings. The van der Waals surface area contributed by atoms with Crippen LogP contribution in [0.5, 0.6) is 5.75 Å². The molecule has 0 bridgehead atoms. The molecule has 1 unspecified atom stereocenters. The van der Waals surface area contributed by atoms with E-state index in [9.17, 15) is 4.79 Å². The molecule has 0 amide bonds. The average Bonchev–Trinajstić information content (AvgIpc) is 3.34. The molecule has 7 nitrogen and oxygen atoms in total. The molecule has 0 saturated heterocycles. The highest BCUT2D eigenvalue weighted by atomic mass is 32.2. The third-order valence-electron chi connectivity index (χ3n) is 4.58. The van der Waals surface area contributed by atoms with E-state index in [1.807, 2.05) is 36.1 Å². The number of hydrogen-bond acceptors (Lipinski definition) is 7. The van der Waals surface area contributed by atoms with Crippen LogP contribution in [-0.2, 0) is 19.2 Å². The maximum Gasteiger partial charge on any atom is 0.258 e. The van der Waals surface area contributed by atoms with E-state index in [4.69, 9.17) is 4.74 Å². The smallest absolute Gasteiger partial charge is 0.258 e. The first-order valence-electron chi connectivity index (χ1n) is 9.28. The van der Waals surface area contributed by atoms with Crippen LogP contribution >= 0.6 is 23.1 Å². The highest BCUT2D eigenvalue weighted by Crippen LogP contribution is 2.25. The topological polar surface area (TPSA) is 74.3 Å². The van der Waals surface area contributed by atoms with Gasteiger partial charge in [0.25, 0.3) is 5.56 Å². The minimum absolute atomic E-state index is 0.0679. The van der Waals surface area contributed by atoms with Crippen molar-refractivity contribution in [3.63, 3.8) is 0 Å². The van der Waals surface area contributed by atoms with Crippen LogP contribution < -0.4 is 10.3 Å². The molecule has 3 heterocycles. The van der Waals surface area contributed by atoms with Crippen molar-refractivity contribution in [2.75, 3.05) is 0 Å². The predicted molar refractivity (Wildman–Crippen MR) is 115 cm³/mol. The Morgan fingerprint density at radius 2 is 2.03 bits per heavy atom. The molecule has 4 rings (SSSR count). The lowest BCUT2D eigenvalue weighted by Gasteiger charge is -2.14. The first-order valence-corrected chi connectivity index (χ1v) is 11.1. The Bertz CT molecular complexity index is 1180. The van der Waals surface area contributed by atoms with Gasteiger partial charge in [0, 0.05) is 30.4 Å². The molecule has 4 aromatic rings. The van der Waals surface area contributed by atoms with Crippen LogP contribution in [0, 0.1) is 0 Å². The second-order valence-corrected chi connectivity index (χ2v) is 8.40. The third-order valence-corrected chi connectivity index (χ3v) is 6.39. The van der Waals surface area contributed by atoms with E-state index < -0.39 is 0 Å². The summed E-state index contributed by atoms with van der Waals surface area (Å²) < 4.78 is 9.49. The number of aromatic nitrogens is 5. The maximum absolute atomic E-state index is 12.1. The Hall–Kier alpha value is -2.65. The first kappa shape index (κ1) is 19.7. The zero-order chi connectivity index (χ0) is 20.4. The van der Waals surface area contributed by atoms with Crippen LogP contribution in [-0.4, -0.2) is 24.1 Å². The Kier molecular flexibility index (Phi) is 5.68. The minimum Gasteiger partial charge on any atom is -0.483 e. The number of aryl methyl sites for hydroxylation is 1. The van der Waals surface area contributed by atoms with Crippen molar-refractivity contribution in [2.24, 2.45) is 7.05 Å². The van der Waals surface area contributed by atoms with Crippen molar-refractivity contribution < 1.29 is 4.74 Å². The summed E-state index contributed by atoms with van der Waals surface area (Å²) >= 11 is 2.94. The number of benzene rings is 1. The number of thiazole rings is 1. The summed E-state index contributed by atoms with van der Waals surface area (Å²) in [4.78, 5) is 17.3. The molecule has 0 aliphatic heterocycles. The number of rotatable bonds is 7. The summed E-state index contributed by atoms with van der Waals surface area (Å²) in [6.45, 7) is 4.08. The average molecular weight is 428 g/mol. The molecular formula is C20H21N5O2S2. The van der Waals surface area contributed by atoms with Gasteiger partial charge in [-0.05, 0) is 31.0 Å². The summed E-state index contributed by atoms with van der Waals surface area (Å²) in [6, 6.07) is 9.66. The second kappa shape index (κ2) is 8.38. The molecule has 9 heteroatoms. The van der Waals surface area contributed by atoms with Gasteiger partial charge in [-0.15, -0.1) is 21.5 Å². The van der Waals surface area contributed by atoms with Crippen molar-refractivity contribution in [3.05, 3.63) is 69.3 Å². The van der Waals surface area contributed by atoms with E-state index in [2.05, 4.69) is 34.2 Å². The molecule has 29 heavy (non-hydrogen) atoms. The fourth-order valence-corrected chi connectivity index (χ4v) is 4.52. The van der Waals surface area contributed by atoms with Crippen molar-refractivity contribution in [1.29, 1.82) is 0 Å². The molecule has 1 atom stereocenters. The van der Waals surface area contributed by atoms with Crippen LogP contribution in [0.2, 0.25) is 0 Å². The second-order valence-electron chi connectivity index (χ2n) is 6.59. The fraction of sp³-hybridized carbons (Fsp3) is 0.300. The van der Waals surface area contributed by atoms with Crippen molar-refractivity contribution in [1.82, 2.24) is 24.1 Å². The molecule has 150 valence electrons. The number of thioether (sulfide) groups is 1. The van der Waals surface area contributed by atoms with Crippen LogP contribution in [0.1, 0.15) is 37.0 Å². The quantitative estimate of drug-likeness (QED) is 0.417. The predicted octanol–water partition coefficient (Wildman–Crippen LogP) is 3.88. The van der Waals surface area contributed by atoms with Gasteiger partial charge in [-0.25, -0.2) is 4.98 Å². The molecule has 1 aromatic carbocycles. The summed E-state index contributed by atoms with van der Waals surface area (Å²) in [7, 11) is 1.92. The monoisotopic (exact) mass is 427 g/mol. The van der Waals surface area contributed by atoms with Crippen LogP contribution in [0.3, 0.4) is 0 Å². The van der Waals surface area contributed by atoms with Gasteiger partial charge in [0.05, 0.1) is 5.69 Å². The maximum atomic E-state index is 12.1. The summed E-state index contributed by atoms with van der Waals surface area (Å²) in [5, 5.41) is 11.2. The molecule has 0 aliphatic rings. The molecule has 0 aliphatic carbocycles. The van der Waals surface area contributed by atoms with Crippen LogP contribution in [0.15, 0.2) is 51.9 Å². The lowest BCUT2D eigenvalue weighted by Crippen LogP contribution is -2.12. The molecule has 0 saturated carbocycles. The Labute approximate surface area is 176 Å². The van der Waals surface area contributed by atoms with Crippen molar-refractivity contribution in [3.8, 4) is 5.75 Å². The van der Waals surface area contributed by atoms with Gasteiger partial charge in [-0.1, -0.05) is 30.8 Å². The normalized spacial score (nSPS) is 12.4. The molecule has 0 spiro atoms. The Balaban J connectivity index is 1.45. The summed E-state index contributed by atoms with van der Waals surface area (Å²) in [5.74, 6) is 2.10. The van der Waals surface area contributed by atoms with Gasteiger partial charge >= 0.3 is 0 Å². The zero-order valence-corrected chi connectivity index (χ0v) is 18.0. The zero-order valence-electron chi connectivity index (χ0n) is 16.4. The Morgan fingerprint density at radius 1 is 1.24 bits per heavy atom. The van der Waals surface area contributed by atoms with E-state index >= 15 is 0 Å². The highest BCUT2D eigenvalue weighted by Gasteiger charge is 2.17. The largest absolute Gasteiger partial charge is 0.483 e. The van der Waals surface area contributed by atoms with E-state index in [1.54, 1.807) is 16.7 Å². The van der Waals surface area contributed by atoms with Crippen molar-refractivity contribution in [2.45, 2.75) is 37.3 Å². The van der Waals surface area contributed by atoms with Gasteiger partial charge < -0.3 is 9.30 Å². The van der Waals surface area contributed by atoms with Crippen LogP contribution in [0.25, 0.3) is 4.96 Å². The lowest BCUT2D eigenvalue weighted by atomic mass is 10.2. The third kappa shape index (κ3) is 4.20. The Morgan fingerprint density at radius 3 is 2.79 bits per heavy atom.